The van der Waals surface area contributed by atoms with Gasteiger partial charge in [-0.1, -0.05) is 12.1 Å². The van der Waals surface area contributed by atoms with Crippen LogP contribution in [0.2, 0.25) is 0 Å². The van der Waals surface area contributed by atoms with Gasteiger partial charge in [0.05, 0.1) is 5.52 Å². The number of aryl methyl sites for hydroxylation is 1. The number of aliphatic carboxylic acids is 1. The Morgan fingerprint density at radius 3 is 2.86 bits per heavy atom. The third-order valence-corrected chi connectivity index (χ3v) is 4.52. The predicted molar refractivity (Wildman–Crippen MR) is 81.7 cm³/mol. The number of carboxylic acid groups (broad SMARTS) is 1. The fourth-order valence-electron chi connectivity index (χ4n) is 2.01. The molecule has 114 valence electrons. The van der Waals surface area contributed by atoms with Crippen molar-refractivity contribution >= 4 is 26.9 Å². The maximum absolute atomic E-state index is 12.4. The number of terminal acetylenes is 1. The first-order valence-corrected chi connectivity index (χ1v) is 7.87. The summed E-state index contributed by atoms with van der Waals surface area (Å²) in [5.41, 5.74) is 1.18. The van der Waals surface area contributed by atoms with Gasteiger partial charge in [-0.3, -0.25) is 9.78 Å². The second-order valence-corrected chi connectivity index (χ2v) is 6.44. The van der Waals surface area contributed by atoms with E-state index in [1.54, 1.807) is 24.4 Å². The van der Waals surface area contributed by atoms with Gasteiger partial charge in [0.25, 0.3) is 0 Å². The van der Waals surface area contributed by atoms with Crippen molar-refractivity contribution in [2.75, 3.05) is 0 Å². The van der Waals surface area contributed by atoms with Gasteiger partial charge in [0, 0.05) is 18.0 Å². The predicted octanol–water partition coefficient (Wildman–Crippen LogP) is 1.30. The lowest BCUT2D eigenvalue weighted by atomic mass is 10.2. The van der Waals surface area contributed by atoms with Crippen molar-refractivity contribution in [2.24, 2.45) is 0 Å². The molecule has 0 amide bonds. The van der Waals surface area contributed by atoms with Gasteiger partial charge in [0.2, 0.25) is 10.0 Å². The Morgan fingerprint density at radius 2 is 2.23 bits per heavy atom. The summed E-state index contributed by atoms with van der Waals surface area (Å²) >= 11 is 0. The lowest BCUT2D eigenvalue weighted by molar-refractivity contribution is -0.138. The van der Waals surface area contributed by atoms with Crippen LogP contribution in [0.1, 0.15) is 12.0 Å². The van der Waals surface area contributed by atoms with Crippen molar-refractivity contribution in [2.45, 2.75) is 24.3 Å². The third-order valence-electron chi connectivity index (χ3n) is 3.02. The molecule has 0 saturated carbocycles. The molecule has 22 heavy (non-hydrogen) atoms. The van der Waals surface area contributed by atoms with Crippen LogP contribution >= 0.6 is 0 Å². The fraction of sp³-hybridized carbons (Fsp3) is 0.200. The zero-order valence-electron chi connectivity index (χ0n) is 11.8. The van der Waals surface area contributed by atoms with Crippen LogP contribution in [0.25, 0.3) is 10.9 Å². The maximum Gasteiger partial charge on any atom is 0.322 e. The van der Waals surface area contributed by atoms with Gasteiger partial charge in [-0.25, -0.2) is 8.42 Å². The molecule has 2 N–H and O–H groups in total. The first kappa shape index (κ1) is 15.9. The summed E-state index contributed by atoms with van der Waals surface area (Å²) in [5, 5.41) is 9.69. The largest absolute Gasteiger partial charge is 0.480 e. The number of nitrogens with zero attached hydrogens (tertiary/aromatic N) is 1. The van der Waals surface area contributed by atoms with E-state index in [0.29, 0.717) is 5.39 Å². The Hall–Kier alpha value is -2.43. The van der Waals surface area contributed by atoms with Crippen molar-refractivity contribution in [3.8, 4) is 12.3 Å². The minimum Gasteiger partial charge on any atom is -0.480 e. The second kappa shape index (κ2) is 6.13. The summed E-state index contributed by atoms with van der Waals surface area (Å²) in [6.07, 6.45) is 6.38. The van der Waals surface area contributed by atoms with Crippen molar-refractivity contribution in [3.05, 3.63) is 36.0 Å². The van der Waals surface area contributed by atoms with Gasteiger partial charge in [-0.15, -0.1) is 12.3 Å². The highest BCUT2D eigenvalue weighted by atomic mass is 32.2. The minimum absolute atomic E-state index is 0.0757. The van der Waals surface area contributed by atoms with E-state index in [4.69, 9.17) is 11.5 Å². The zero-order chi connectivity index (χ0) is 16.3. The number of fused-ring (bicyclic) bond motifs is 1. The molecule has 0 saturated heterocycles. The third kappa shape index (κ3) is 3.24. The molecular formula is C15H14N2O4S. The van der Waals surface area contributed by atoms with Crippen LogP contribution < -0.4 is 4.72 Å². The van der Waals surface area contributed by atoms with E-state index >= 15 is 0 Å². The molecule has 2 rings (SSSR count). The smallest absolute Gasteiger partial charge is 0.322 e. The number of para-hydroxylation sites is 1. The highest BCUT2D eigenvalue weighted by molar-refractivity contribution is 7.89. The topological polar surface area (TPSA) is 96.4 Å². The zero-order valence-corrected chi connectivity index (χ0v) is 12.6. The van der Waals surface area contributed by atoms with Crippen molar-refractivity contribution in [1.82, 2.24) is 9.71 Å². The molecule has 0 aliphatic rings. The molecule has 2 aromatic rings. The van der Waals surface area contributed by atoms with Gasteiger partial charge in [-0.2, -0.15) is 4.72 Å². The number of aromatic nitrogens is 1. The SMILES string of the molecule is C#CCC(NS(=O)(=O)c1cccc2cc(C)cnc12)C(=O)O. The van der Waals surface area contributed by atoms with Gasteiger partial charge in [0.1, 0.15) is 10.9 Å². The molecule has 0 bridgehead atoms. The number of pyridine rings is 1. The standard InChI is InChI=1S/C15H14N2O4S/c1-3-5-12(15(18)19)17-22(20,21)13-7-4-6-11-8-10(2)9-16-14(11)13/h1,4,6-9,12,17H,5H2,2H3,(H,18,19). The molecule has 7 heteroatoms. The van der Waals surface area contributed by atoms with Gasteiger partial charge in [-0.05, 0) is 24.6 Å². The van der Waals surface area contributed by atoms with Crippen LogP contribution in [0.15, 0.2) is 35.4 Å². The number of carboxylic acids is 1. The van der Waals surface area contributed by atoms with E-state index < -0.39 is 22.0 Å². The molecule has 1 heterocycles. The van der Waals surface area contributed by atoms with E-state index in [1.165, 1.54) is 6.07 Å². The van der Waals surface area contributed by atoms with Crippen LogP contribution in [0.4, 0.5) is 0 Å². The molecule has 0 aliphatic heterocycles. The maximum atomic E-state index is 12.4. The lowest BCUT2D eigenvalue weighted by Gasteiger charge is -2.13. The monoisotopic (exact) mass is 318 g/mol. The second-order valence-electron chi connectivity index (χ2n) is 4.76. The van der Waals surface area contributed by atoms with Crippen LogP contribution in [-0.2, 0) is 14.8 Å². The molecule has 1 unspecified atom stereocenters. The quantitative estimate of drug-likeness (QED) is 0.810. The molecular weight excluding hydrogens is 304 g/mol. The molecule has 1 atom stereocenters. The van der Waals surface area contributed by atoms with Crippen molar-refractivity contribution < 1.29 is 18.3 Å². The van der Waals surface area contributed by atoms with Crippen LogP contribution in [0, 0.1) is 19.3 Å². The molecule has 6 nitrogen and oxygen atoms in total. The fourth-order valence-corrected chi connectivity index (χ4v) is 3.38. The van der Waals surface area contributed by atoms with Crippen LogP contribution in [0.3, 0.4) is 0 Å². The number of hydrogen-bond acceptors (Lipinski definition) is 4. The van der Waals surface area contributed by atoms with Gasteiger partial charge < -0.3 is 5.11 Å². The van der Waals surface area contributed by atoms with E-state index in [9.17, 15) is 13.2 Å². The normalized spacial score (nSPS) is 12.7. The molecule has 0 fully saturated rings. The summed E-state index contributed by atoms with van der Waals surface area (Å²) in [4.78, 5) is 15.1. The molecule has 1 aromatic carbocycles. The lowest BCUT2D eigenvalue weighted by Crippen LogP contribution is -2.40. The van der Waals surface area contributed by atoms with Crippen LogP contribution in [-0.4, -0.2) is 30.5 Å². The average Bonchev–Trinajstić information content (AvgIpc) is 2.45. The highest BCUT2D eigenvalue weighted by Crippen LogP contribution is 2.22. The molecule has 0 radical (unpaired) electrons. The molecule has 0 aliphatic carbocycles. The summed E-state index contributed by atoms with van der Waals surface area (Å²) in [5.74, 6) is 0.816. The average molecular weight is 318 g/mol. The first-order chi connectivity index (χ1) is 10.3. The number of benzene rings is 1. The van der Waals surface area contributed by atoms with E-state index in [-0.39, 0.29) is 16.8 Å². The van der Waals surface area contributed by atoms with E-state index in [0.717, 1.165) is 5.56 Å². The van der Waals surface area contributed by atoms with E-state index in [1.807, 2.05) is 6.92 Å². The summed E-state index contributed by atoms with van der Waals surface area (Å²) < 4.78 is 27.0. The summed E-state index contributed by atoms with van der Waals surface area (Å²) in [6.45, 7) is 1.85. The summed E-state index contributed by atoms with van der Waals surface area (Å²) in [7, 11) is -4.06. The van der Waals surface area contributed by atoms with E-state index in [2.05, 4.69) is 15.6 Å². The number of sulfonamides is 1. The number of hydrogen-bond donors (Lipinski definition) is 2. The Labute approximate surface area is 128 Å². The number of rotatable bonds is 5. The number of carbonyl (C=O) groups is 1. The Kier molecular flexibility index (Phi) is 4.45. The van der Waals surface area contributed by atoms with Crippen LogP contribution in [0.5, 0.6) is 0 Å². The van der Waals surface area contributed by atoms with Gasteiger partial charge >= 0.3 is 5.97 Å². The van der Waals surface area contributed by atoms with Crippen molar-refractivity contribution in [3.63, 3.8) is 0 Å². The van der Waals surface area contributed by atoms with Gasteiger partial charge in [0.15, 0.2) is 0 Å². The Bertz CT molecular complexity index is 869. The Morgan fingerprint density at radius 1 is 1.50 bits per heavy atom. The Balaban J connectivity index is 2.50. The number of nitrogens with one attached hydrogen (secondary N) is 1. The summed E-state index contributed by atoms with van der Waals surface area (Å²) in [6, 6.07) is 5.12. The molecule has 0 spiro atoms. The first-order valence-electron chi connectivity index (χ1n) is 6.39. The molecule has 1 aromatic heterocycles. The highest BCUT2D eigenvalue weighted by Gasteiger charge is 2.26. The minimum atomic E-state index is -4.06. The van der Waals surface area contributed by atoms with Crippen molar-refractivity contribution in [1.29, 1.82) is 0 Å².